The number of hydrogen-bond donors (Lipinski definition) is 1. The molecule has 1 N–H and O–H groups in total. The third-order valence-electron chi connectivity index (χ3n) is 3.59. The Hall–Kier alpha value is -0.0400. The van der Waals surface area contributed by atoms with Gasteiger partial charge in [0.15, 0.2) is 0 Å². The molecule has 0 saturated carbocycles. The first kappa shape index (κ1) is 12.0. The van der Waals surface area contributed by atoms with E-state index in [1.165, 1.54) is 19.3 Å². The van der Waals surface area contributed by atoms with Gasteiger partial charge >= 0.3 is 0 Å². The number of rotatable bonds is 6. The second-order valence-corrected chi connectivity index (χ2v) is 3.91. The molecular weight excluding hydrogens is 146 g/mol. The van der Waals surface area contributed by atoms with Crippen LogP contribution in [0.5, 0.6) is 0 Å². The maximum atomic E-state index is 3.33. The third kappa shape index (κ3) is 2.48. The first-order chi connectivity index (χ1) is 5.66. The van der Waals surface area contributed by atoms with Gasteiger partial charge in [-0.2, -0.15) is 0 Å². The quantitative estimate of drug-likeness (QED) is 0.647. The Morgan fingerprint density at radius 2 is 1.67 bits per heavy atom. The molecule has 1 heteroatoms. The van der Waals surface area contributed by atoms with Gasteiger partial charge in [-0.1, -0.05) is 34.1 Å². The summed E-state index contributed by atoms with van der Waals surface area (Å²) in [6.07, 6.45) is 3.88. The van der Waals surface area contributed by atoms with Crippen molar-refractivity contribution >= 4 is 0 Å². The van der Waals surface area contributed by atoms with Crippen LogP contribution in [0.15, 0.2) is 0 Å². The number of nitrogens with one attached hydrogen (secondary N) is 1. The van der Waals surface area contributed by atoms with Crippen LogP contribution in [0.25, 0.3) is 0 Å². The summed E-state index contributed by atoms with van der Waals surface area (Å²) >= 11 is 0. The van der Waals surface area contributed by atoms with E-state index >= 15 is 0 Å². The lowest BCUT2D eigenvalue weighted by Gasteiger charge is -2.37. The molecule has 1 unspecified atom stereocenters. The molecule has 0 radical (unpaired) electrons. The monoisotopic (exact) mass is 171 g/mol. The Morgan fingerprint density at radius 1 is 1.17 bits per heavy atom. The molecule has 0 spiro atoms. The van der Waals surface area contributed by atoms with Crippen molar-refractivity contribution in [2.75, 3.05) is 13.6 Å². The fraction of sp³-hybridized carbons (Fsp3) is 1.00. The molecule has 0 heterocycles. The Morgan fingerprint density at radius 3 is 1.92 bits per heavy atom. The Bertz CT molecular complexity index is 106. The van der Waals surface area contributed by atoms with Crippen LogP contribution < -0.4 is 5.32 Å². The van der Waals surface area contributed by atoms with Crippen molar-refractivity contribution < 1.29 is 0 Å². The van der Waals surface area contributed by atoms with E-state index in [9.17, 15) is 0 Å². The average Bonchev–Trinajstić information content (AvgIpc) is 2.13. The van der Waals surface area contributed by atoms with Crippen molar-refractivity contribution in [3.05, 3.63) is 0 Å². The maximum Gasteiger partial charge on any atom is 0.000715 e. The molecule has 0 bridgehead atoms. The van der Waals surface area contributed by atoms with E-state index in [1.807, 2.05) is 0 Å². The minimum absolute atomic E-state index is 0.531. The molecule has 0 aliphatic heterocycles. The first-order valence-corrected chi connectivity index (χ1v) is 5.31. The zero-order valence-corrected chi connectivity index (χ0v) is 9.41. The zero-order chi connectivity index (χ0) is 9.61. The summed E-state index contributed by atoms with van der Waals surface area (Å²) in [5.41, 5.74) is 0.531. The van der Waals surface area contributed by atoms with Crippen LogP contribution in [0.1, 0.15) is 47.0 Å². The van der Waals surface area contributed by atoms with Crippen molar-refractivity contribution in [1.29, 1.82) is 0 Å². The Balaban J connectivity index is 4.33. The summed E-state index contributed by atoms with van der Waals surface area (Å²) in [5, 5.41) is 3.33. The van der Waals surface area contributed by atoms with Crippen molar-refractivity contribution in [1.82, 2.24) is 5.32 Å². The van der Waals surface area contributed by atoms with Crippen molar-refractivity contribution in [3.63, 3.8) is 0 Å². The Labute approximate surface area is 77.9 Å². The second-order valence-electron chi connectivity index (χ2n) is 3.91. The molecule has 0 fully saturated rings. The molecule has 0 aromatic heterocycles. The van der Waals surface area contributed by atoms with Crippen molar-refractivity contribution in [2.45, 2.75) is 47.0 Å². The highest BCUT2D eigenvalue weighted by atomic mass is 14.8. The molecular formula is C11H25N. The van der Waals surface area contributed by atoms with Crippen LogP contribution in [0.2, 0.25) is 0 Å². The summed E-state index contributed by atoms with van der Waals surface area (Å²) in [5.74, 6) is 0.833. The summed E-state index contributed by atoms with van der Waals surface area (Å²) in [6.45, 7) is 10.5. The SMILES string of the molecule is CCC(C)C(CC)(CC)CNC. The molecule has 0 rings (SSSR count). The molecule has 0 aromatic rings. The van der Waals surface area contributed by atoms with Gasteiger partial charge in [0.05, 0.1) is 0 Å². The van der Waals surface area contributed by atoms with Gasteiger partial charge in [-0.25, -0.2) is 0 Å². The lowest BCUT2D eigenvalue weighted by atomic mass is 9.71. The molecule has 0 aromatic carbocycles. The molecule has 0 saturated heterocycles. The summed E-state index contributed by atoms with van der Waals surface area (Å²) < 4.78 is 0. The summed E-state index contributed by atoms with van der Waals surface area (Å²) in [4.78, 5) is 0. The van der Waals surface area contributed by atoms with E-state index < -0.39 is 0 Å². The molecule has 0 aliphatic carbocycles. The molecule has 74 valence electrons. The van der Waals surface area contributed by atoms with Gasteiger partial charge in [0, 0.05) is 6.54 Å². The van der Waals surface area contributed by atoms with E-state index in [1.54, 1.807) is 0 Å². The van der Waals surface area contributed by atoms with Crippen LogP contribution in [0.4, 0.5) is 0 Å². The van der Waals surface area contributed by atoms with Gasteiger partial charge < -0.3 is 5.32 Å². The minimum Gasteiger partial charge on any atom is -0.319 e. The second kappa shape index (κ2) is 5.58. The van der Waals surface area contributed by atoms with Gasteiger partial charge in [0.25, 0.3) is 0 Å². The lowest BCUT2D eigenvalue weighted by Crippen LogP contribution is -2.37. The first-order valence-electron chi connectivity index (χ1n) is 5.31. The molecule has 12 heavy (non-hydrogen) atoms. The third-order valence-corrected chi connectivity index (χ3v) is 3.59. The summed E-state index contributed by atoms with van der Waals surface area (Å²) in [6, 6.07) is 0. The highest BCUT2D eigenvalue weighted by molar-refractivity contribution is 4.83. The van der Waals surface area contributed by atoms with Crippen LogP contribution in [0, 0.1) is 11.3 Å². The zero-order valence-electron chi connectivity index (χ0n) is 9.41. The molecule has 1 nitrogen and oxygen atoms in total. The van der Waals surface area contributed by atoms with Gasteiger partial charge in [-0.05, 0) is 31.2 Å². The minimum atomic E-state index is 0.531. The van der Waals surface area contributed by atoms with Crippen LogP contribution in [-0.4, -0.2) is 13.6 Å². The van der Waals surface area contributed by atoms with Gasteiger partial charge in [-0.15, -0.1) is 0 Å². The molecule has 1 atom stereocenters. The van der Waals surface area contributed by atoms with E-state index in [-0.39, 0.29) is 0 Å². The fourth-order valence-electron chi connectivity index (χ4n) is 2.16. The molecule has 0 amide bonds. The van der Waals surface area contributed by atoms with Crippen LogP contribution in [-0.2, 0) is 0 Å². The number of hydrogen-bond acceptors (Lipinski definition) is 1. The topological polar surface area (TPSA) is 12.0 Å². The van der Waals surface area contributed by atoms with Gasteiger partial charge in [0.1, 0.15) is 0 Å². The van der Waals surface area contributed by atoms with Crippen LogP contribution in [0.3, 0.4) is 0 Å². The van der Waals surface area contributed by atoms with E-state index in [4.69, 9.17) is 0 Å². The van der Waals surface area contributed by atoms with E-state index in [0.717, 1.165) is 12.5 Å². The smallest absolute Gasteiger partial charge is 0.000715 e. The summed E-state index contributed by atoms with van der Waals surface area (Å²) in [7, 11) is 2.06. The predicted octanol–water partition coefficient (Wildman–Crippen LogP) is 3.06. The molecule has 0 aliphatic rings. The van der Waals surface area contributed by atoms with Gasteiger partial charge in [0.2, 0.25) is 0 Å². The lowest BCUT2D eigenvalue weighted by molar-refractivity contribution is 0.150. The van der Waals surface area contributed by atoms with Gasteiger partial charge in [-0.3, -0.25) is 0 Å². The standard InChI is InChI=1S/C11H25N/c1-6-10(4)11(7-2,8-3)9-12-5/h10,12H,6-9H2,1-5H3. The normalized spacial score (nSPS) is 14.8. The maximum absolute atomic E-state index is 3.33. The van der Waals surface area contributed by atoms with Crippen LogP contribution >= 0.6 is 0 Å². The highest BCUT2D eigenvalue weighted by Gasteiger charge is 2.30. The fourth-order valence-corrected chi connectivity index (χ4v) is 2.16. The van der Waals surface area contributed by atoms with Crippen molar-refractivity contribution in [2.24, 2.45) is 11.3 Å². The van der Waals surface area contributed by atoms with E-state index in [2.05, 4.69) is 40.1 Å². The largest absolute Gasteiger partial charge is 0.319 e. The highest BCUT2D eigenvalue weighted by Crippen LogP contribution is 2.36. The predicted molar refractivity (Wildman–Crippen MR) is 56.4 cm³/mol. The van der Waals surface area contributed by atoms with E-state index in [0.29, 0.717) is 5.41 Å². The Kier molecular flexibility index (Phi) is 5.56. The average molecular weight is 171 g/mol. The van der Waals surface area contributed by atoms with Crippen molar-refractivity contribution in [3.8, 4) is 0 Å².